The van der Waals surface area contributed by atoms with E-state index in [4.69, 9.17) is 19.2 Å². The van der Waals surface area contributed by atoms with Crippen LogP contribution in [0.5, 0.6) is 17.2 Å². The number of ketones is 1. The normalized spacial score (nSPS) is 15.2. The van der Waals surface area contributed by atoms with Gasteiger partial charge in [0.2, 0.25) is 0 Å². The fraction of sp³-hybridized carbons (Fsp3) is 0.265. The standard InChI is InChI=1S/C34H34N2O6S/c1-5-41-28-19-23(12-16-27(28)42-18-17-21(2)3)31-30(26(37)15-11-22-9-7-6-8-10-22)32(38)33(39)36(31)34-35-25-14-13-24(40-4)20-29(25)43-34/h6-16,19-21,31,38H,5,17-18H2,1-4H3. The van der Waals surface area contributed by atoms with Crippen LogP contribution in [0, 0.1) is 5.92 Å². The third kappa shape index (κ3) is 6.41. The highest BCUT2D eigenvalue weighted by Crippen LogP contribution is 2.45. The zero-order chi connectivity index (χ0) is 30.5. The van der Waals surface area contributed by atoms with Gasteiger partial charge in [0, 0.05) is 0 Å². The van der Waals surface area contributed by atoms with Crippen LogP contribution in [-0.2, 0) is 9.59 Å². The van der Waals surface area contributed by atoms with E-state index in [-0.39, 0.29) is 5.57 Å². The number of benzene rings is 3. The quantitative estimate of drug-likeness (QED) is 0.171. The number of anilines is 1. The second kappa shape index (κ2) is 13.1. The summed E-state index contributed by atoms with van der Waals surface area (Å²) in [5, 5.41) is 11.5. The molecule has 0 saturated heterocycles. The molecular weight excluding hydrogens is 564 g/mol. The van der Waals surface area contributed by atoms with E-state index in [1.165, 1.54) is 22.3 Å². The van der Waals surface area contributed by atoms with Crippen LogP contribution in [0.15, 0.2) is 84.1 Å². The molecule has 0 fully saturated rings. The lowest BCUT2D eigenvalue weighted by Gasteiger charge is -2.25. The molecule has 0 aliphatic carbocycles. The molecule has 5 rings (SSSR count). The zero-order valence-electron chi connectivity index (χ0n) is 24.6. The smallest absolute Gasteiger partial charge is 0.296 e. The number of thiazole rings is 1. The van der Waals surface area contributed by atoms with Gasteiger partial charge in [0.05, 0.1) is 42.2 Å². The van der Waals surface area contributed by atoms with Crippen LogP contribution in [0.3, 0.4) is 0 Å². The van der Waals surface area contributed by atoms with Crippen molar-refractivity contribution in [2.75, 3.05) is 25.2 Å². The third-order valence-electron chi connectivity index (χ3n) is 7.03. The lowest BCUT2D eigenvalue weighted by Crippen LogP contribution is -2.30. The summed E-state index contributed by atoms with van der Waals surface area (Å²) >= 11 is 1.27. The maximum Gasteiger partial charge on any atom is 0.296 e. The van der Waals surface area contributed by atoms with E-state index >= 15 is 0 Å². The largest absolute Gasteiger partial charge is 0.503 e. The molecule has 1 aliphatic heterocycles. The van der Waals surface area contributed by atoms with Crippen molar-refractivity contribution in [1.82, 2.24) is 4.98 Å². The number of fused-ring (bicyclic) bond motifs is 1. The van der Waals surface area contributed by atoms with Gasteiger partial charge in [-0.15, -0.1) is 0 Å². The first-order valence-corrected chi connectivity index (χ1v) is 15.0. The van der Waals surface area contributed by atoms with Crippen molar-refractivity contribution in [3.63, 3.8) is 0 Å². The van der Waals surface area contributed by atoms with Crippen molar-refractivity contribution in [3.05, 3.63) is 95.3 Å². The molecule has 0 bridgehead atoms. The Kier molecular flexibility index (Phi) is 9.11. The Morgan fingerprint density at radius 2 is 1.86 bits per heavy atom. The summed E-state index contributed by atoms with van der Waals surface area (Å²) in [5.74, 6) is 0.390. The molecule has 1 amide bonds. The first-order valence-electron chi connectivity index (χ1n) is 14.2. The van der Waals surface area contributed by atoms with Gasteiger partial charge in [0.15, 0.2) is 28.2 Å². The number of rotatable bonds is 12. The number of aliphatic hydroxyl groups excluding tert-OH is 1. The molecule has 0 spiro atoms. The molecule has 1 aromatic heterocycles. The Morgan fingerprint density at radius 3 is 2.58 bits per heavy atom. The van der Waals surface area contributed by atoms with E-state index in [9.17, 15) is 14.7 Å². The van der Waals surface area contributed by atoms with Gasteiger partial charge in [-0.2, -0.15) is 0 Å². The summed E-state index contributed by atoms with van der Waals surface area (Å²) in [6.07, 6.45) is 3.92. The van der Waals surface area contributed by atoms with Crippen LogP contribution in [0.2, 0.25) is 0 Å². The first-order chi connectivity index (χ1) is 20.8. The fourth-order valence-corrected chi connectivity index (χ4v) is 5.83. The van der Waals surface area contributed by atoms with Crippen molar-refractivity contribution in [2.45, 2.75) is 33.2 Å². The van der Waals surface area contributed by atoms with Crippen molar-refractivity contribution in [1.29, 1.82) is 0 Å². The lowest BCUT2D eigenvalue weighted by atomic mass is 9.95. The fourth-order valence-electron chi connectivity index (χ4n) is 4.81. The van der Waals surface area contributed by atoms with Crippen LogP contribution >= 0.6 is 11.3 Å². The maximum absolute atomic E-state index is 13.7. The second-order valence-electron chi connectivity index (χ2n) is 10.4. The molecule has 4 aromatic rings. The Hall–Kier alpha value is -4.63. The van der Waals surface area contributed by atoms with Gasteiger partial charge in [0.1, 0.15) is 5.75 Å². The van der Waals surface area contributed by atoms with Crippen molar-refractivity contribution in [3.8, 4) is 17.2 Å². The van der Waals surface area contributed by atoms with E-state index in [2.05, 4.69) is 13.8 Å². The molecule has 0 radical (unpaired) electrons. The number of ether oxygens (including phenoxy) is 3. The second-order valence-corrected chi connectivity index (χ2v) is 11.5. The molecule has 0 saturated carbocycles. The van der Waals surface area contributed by atoms with Crippen molar-refractivity contribution >= 4 is 44.5 Å². The summed E-state index contributed by atoms with van der Waals surface area (Å²) in [5.41, 5.74) is 2.02. The number of hydrogen-bond donors (Lipinski definition) is 1. The molecule has 43 heavy (non-hydrogen) atoms. The van der Waals surface area contributed by atoms with Gasteiger partial charge in [-0.05, 0) is 66.8 Å². The number of aromatic nitrogens is 1. The number of nitrogens with zero attached hydrogens (tertiary/aromatic N) is 2. The van der Waals surface area contributed by atoms with E-state index < -0.39 is 23.5 Å². The number of carbonyl (C=O) groups excluding carboxylic acids is 2. The van der Waals surface area contributed by atoms with Crippen LogP contribution in [-0.4, -0.2) is 42.1 Å². The number of hydrogen-bond acceptors (Lipinski definition) is 8. The number of amides is 1. The summed E-state index contributed by atoms with van der Waals surface area (Å²) in [4.78, 5) is 33.5. The van der Waals surface area contributed by atoms with Crippen LogP contribution in [0.25, 0.3) is 16.3 Å². The molecule has 1 unspecified atom stereocenters. The van der Waals surface area contributed by atoms with Crippen LogP contribution < -0.4 is 19.1 Å². The molecule has 8 nitrogen and oxygen atoms in total. The first kappa shape index (κ1) is 29.8. The summed E-state index contributed by atoms with van der Waals surface area (Å²) in [6, 6.07) is 19.2. The molecule has 1 atom stereocenters. The summed E-state index contributed by atoms with van der Waals surface area (Å²) in [7, 11) is 1.58. The Balaban J connectivity index is 1.59. The van der Waals surface area contributed by atoms with E-state index in [0.29, 0.717) is 52.6 Å². The SMILES string of the molecule is CCOc1cc(C2C(C(=O)C=Cc3ccccc3)=C(O)C(=O)N2c2nc3ccc(OC)cc3s2)ccc1OCCC(C)C. The molecule has 222 valence electrons. The lowest BCUT2D eigenvalue weighted by molar-refractivity contribution is -0.117. The monoisotopic (exact) mass is 598 g/mol. The number of allylic oxidation sites excluding steroid dienone is 1. The zero-order valence-corrected chi connectivity index (χ0v) is 25.4. The van der Waals surface area contributed by atoms with Gasteiger partial charge in [-0.25, -0.2) is 4.98 Å². The molecule has 9 heteroatoms. The minimum Gasteiger partial charge on any atom is -0.503 e. The topological polar surface area (TPSA) is 98.2 Å². The van der Waals surface area contributed by atoms with Crippen molar-refractivity contribution in [2.24, 2.45) is 5.92 Å². The average molecular weight is 599 g/mol. The van der Waals surface area contributed by atoms with Gasteiger partial charge < -0.3 is 19.3 Å². The Morgan fingerprint density at radius 1 is 1.07 bits per heavy atom. The van der Waals surface area contributed by atoms with Crippen molar-refractivity contribution < 1.29 is 28.9 Å². The number of aliphatic hydroxyl groups is 1. The molecule has 1 N–H and O–H groups in total. The maximum atomic E-state index is 13.7. The predicted octanol–water partition coefficient (Wildman–Crippen LogP) is 7.31. The summed E-state index contributed by atoms with van der Waals surface area (Å²) in [6.45, 7) is 7.05. The summed E-state index contributed by atoms with van der Waals surface area (Å²) < 4.78 is 18.1. The minimum atomic E-state index is -0.952. The minimum absolute atomic E-state index is 0.0371. The van der Waals surface area contributed by atoms with E-state index in [1.807, 2.05) is 49.4 Å². The van der Waals surface area contributed by atoms with Crippen LogP contribution in [0.1, 0.15) is 44.4 Å². The number of methoxy groups -OCH3 is 1. The van der Waals surface area contributed by atoms with Gasteiger partial charge in [-0.1, -0.05) is 67.7 Å². The third-order valence-corrected chi connectivity index (χ3v) is 8.04. The molecule has 3 aromatic carbocycles. The highest BCUT2D eigenvalue weighted by Gasteiger charge is 2.45. The molecular formula is C34H34N2O6S. The molecule has 2 heterocycles. The number of carbonyl (C=O) groups is 2. The Labute approximate surface area is 254 Å². The van der Waals surface area contributed by atoms with E-state index in [1.54, 1.807) is 37.5 Å². The van der Waals surface area contributed by atoms with Gasteiger partial charge in [-0.3, -0.25) is 14.5 Å². The van der Waals surface area contributed by atoms with Gasteiger partial charge in [0.25, 0.3) is 5.91 Å². The van der Waals surface area contributed by atoms with Crippen LogP contribution in [0.4, 0.5) is 5.13 Å². The average Bonchev–Trinajstić information content (AvgIpc) is 3.54. The highest BCUT2D eigenvalue weighted by atomic mass is 32.1. The predicted molar refractivity (Wildman–Crippen MR) is 169 cm³/mol. The molecule has 1 aliphatic rings. The van der Waals surface area contributed by atoms with Gasteiger partial charge >= 0.3 is 0 Å². The van der Waals surface area contributed by atoms with E-state index in [0.717, 1.165) is 16.7 Å². The highest BCUT2D eigenvalue weighted by molar-refractivity contribution is 7.22. The Bertz CT molecular complexity index is 1690.